The van der Waals surface area contributed by atoms with Gasteiger partial charge < -0.3 is 14.7 Å². The van der Waals surface area contributed by atoms with Crippen LogP contribution >= 0.6 is 0 Å². The van der Waals surface area contributed by atoms with E-state index in [9.17, 15) is 9.90 Å². The second-order valence-corrected chi connectivity index (χ2v) is 7.43. The molecule has 0 saturated carbocycles. The first-order chi connectivity index (χ1) is 13.7. The highest BCUT2D eigenvalue weighted by atomic mass is 16.5. The maximum atomic E-state index is 12.7. The van der Waals surface area contributed by atoms with Crippen LogP contribution in [0.4, 0.5) is 0 Å². The van der Waals surface area contributed by atoms with Crippen molar-refractivity contribution in [2.24, 2.45) is 5.92 Å². The first-order valence-electron chi connectivity index (χ1n) is 9.73. The zero-order valence-electron chi connectivity index (χ0n) is 16.0. The van der Waals surface area contributed by atoms with Gasteiger partial charge in [0.1, 0.15) is 11.5 Å². The van der Waals surface area contributed by atoms with Crippen molar-refractivity contribution in [3.63, 3.8) is 0 Å². The average Bonchev–Trinajstić information content (AvgIpc) is 3.24. The Morgan fingerprint density at radius 1 is 1.25 bits per heavy atom. The summed E-state index contributed by atoms with van der Waals surface area (Å²) in [7, 11) is 1.69. The molecule has 7 nitrogen and oxygen atoms in total. The van der Waals surface area contributed by atoms with Gasteiger partial charge in [-0.3, -0.25) is 15.6 Å². The highest BCUT2D eigenvalue weighted by Gasteiger charge is 2.37. The number of amides is 1. The Bertz CT molecular complexity index is 836. The molecule has 148 valence electrons. The number of benzene rings is 1. The van der Waals surface area contributed by atoms with Gasteiger partial charge in [-0.2, -0.15) is 0 Å². The van der Waals surface area contributed by atoms with E-state index in [4.69, 9.17) is 4.74 Å². The number of pyridine rings is 1. The molecule has 1 aromatic carbocycles. The second-order valence-electron chi connectivity index (χ2n) is 7.43. The molecule has 3 N–H and O–H groups in total. The van der Waals surface area contributed by atoms with Gasteiger partial charge in [-0.15, -0.1) is 0 Å². The Hall–Kier alpha value is -2.64. The van der Waals surface area contributed by atoms with Gasteiger partial charge in [0.05, 0.1) is 7.11 Å². The number of hydrazine groups is 1. The van der Waals surface area contributed by atoms with Crippen LogP contribution in [0.15, 0.2) is 42.6 Å². The van der Waals surface area contributed by atoms with E-state index < -0.39 is 0 Å². The van der Waals surface area contributed by atoms with E-state index in [2.05, 4.69) is 28.0 Å². The predicted molar refractivity (Wildman–Crippen MR) is 105 cm³/mol. The molecule has 4 rings (SSSR count). The first-order valence-corrected chi connectivity index (χ1v) is 9.73. The van der Waals surface area contributed by atoms with Gasteiger partial charge in [0, 0.05) is 37.8 Å². The van der Waals surface area contributed by atoms with E-state index in [0.717, 1.165) is 25.1 Å². The maximum absolute atomic E-state index is 12.7. The third kappa shape index (κ3) is 3.68. The predicted octanol–water partition coefficient (Wildman–Crippen LogP) is 1.91. The molecular weight excluding hydrogens is 356 g/mol. The number of hydrogen-bond donors (Lipinski definition) is 3. The van der Waals surface area contributed by atoms with Crippen molar-refractivity contribution < 1.29 is 14.6 Å². The van der Waals surface area contributed by atoms with Gasteiger partial charge in [0.2, 0.25) is 0 Å². The molecule has 2 unspecified atom stereocenters. The van der Waals surface area contributed by atoms with Crippen molar-refractivity contribution in [2.45, 2.75) is 24.8 Å². The van der Waals surface area contributed by atoms with Crippen molar-refractivity contribution in [1.29, 1.82) is 0 Å². The minimum absolute atomic E-state index is 0.0608. The molecule has 7 heteroatoms. The number of piperidine rings is 1. The quantitative estimate of drug-likeness (QED) is 0.749. The minimum Gasteiger partial charge on any atom is -0.505 e. The number of methoxy groups -OCH3 is 1. The number of hydrogen-bond acceptors (Lipinski definition) is 6. The van der Waals surface area contributed by atoms with Crippen LogP contribution in [0.25, 0.3) is 0 Å². The van der Waals surface area contributed by atoms with Crippen LogP contribution in [0.2, 0.25) is 0 Å². The number of ether oxygens (including phenoxy) is 1. The lowest BCUT2D eigenvalue weighted by Gasteiger charge is -2.36. The zero-order chi connectivity index (χ0) is 19.5. The summed E-state index contributed by atoms with van der Waals surface area (Å²) in [5, 5.41) is 9.90. The molecule has 0 spiro atoms. The highest BCUT2D eigenvalue weighted by molar-refractivity contribution is 5.94. The topological polar surface area (TPSA) is 86.7 Å². The van der Waals surface area contributed by atoms with E-state index in [1.807, 2.05) is 12.1 Å². The van der Waals surface area contributed by atoms with Crippen molar-refractivity contribution in [1.82, 2.24) is 20.7 Å². The SMILES string of the molecule is COc1cccc(C2CNNC2C2CCN(C(=O)c3ncccc3O)CC2)c1. The van der Waals surface area contributed by atoms with Gasteiger partial charge in [-0.05, 0) is 48.6 Å². The van der Waals surface area contributed by atoms with Gasteiger partial charge in [-0.1, -0.05) is 12.1 Å². The molecule has 2 aliphatic heterocycles. The van der Waals surface area contributed by atoms with Crippen molar-refractivity contribution >= 4 is 5.91 Å². The Balaban J connectivity index is 1.41. The van der Waals surface area contributed by atoms with Crippen LogP contribution in [-0.2, 0) is 0 Å². The molecular formula is C21H26N4O3. The van der Waals surface area contributed by atoms with E-state index in [1.54, 1.807) is 18.1 Å². The molecule has 2 aromatic rings. The Kier molecular flexibility index (Phi) is 5.45. The van der Waals surface area contributed by atoms with E-state index >= 15 is 0 Å². The van der Waals surface area contributed by atoms with Gasteiger partial charge >= 0.3 is 0 Å². The minimum atomic E-state index is -0.196. The summed E-state index contributed by atoms with van der Waals surface area (Å²) in [5.74, 6) is 1.45. The smallest absolute Gasteiger partial charge is 0.276 e. The molecule has 3 heterocycles. The fourth-order valence-corrected chi connectivity index (χ4v) is 4.33. The summed E-state index contributed by atoms with van der Waals surface area (Å²) in [6.45, 7) is 2.21. The number of likely N-dealkylation sites (tertiary alicyclic amines) is 1. The molecule has 0 aliphatic carbocycles. The van der Waals surface area contributed by atoms with Crippen molar-refractivity contribution in [3.8, 4) is 11.5 Å². The monoisotopic (exact) mass is 382 g/mol. The molecule has 2 fully saturated rings. The second kappa shape index (κ2) is 8.16. The van der Waals surface area contributed by atoms with E-state index in [0.29, 0.717) is 31.0 Å². The third-order valence-electron chi connectivity index (χ3n) is 5.87. The molecule has 2 atom stereocenters. The van der Waals surface area contributed by atoms with E-state index in [1.165, 1.54) is 17.8 Å². The summed E-state index contributed by atoms with van der Waals surface area (Å²) >= 11 is 0. The summed E-state index contributed by atoms with van der Waals surface area (Å²) in [5.41, 5.74) is 8.16. The van der Waals surface area contributed by atoms with Crippen LogP contribution in [0.5, 0.6) is 11.5 Å². The zero-order valence-corrected chi connectivity index (χ0v) is 16.0. The van der Waals surface area contributed by atoms with Crippen LogP contribution < -0.4 is 15.6 Å². The van der Waals surface area contributed by atoms with Crippen molar-refractivity contribution in [3.05, 3.63) is 53.9 Å². The number of nitrogens with zero attached hydrogens (tertiary/aromatic N) is 2. The standard InChI is InChI=1S/C21H26N4O3/c1-28-16-5-2-4-15(12-16)17-13-23-24-19(17)14-7-10-25(11-8-14)21(27)20-18(26)6-3-9-22-20/h2-6,9,12,14,17,19,23-24,26H,7-8,10-11,13H2,1H3. The summed E-state index contributed by atoms with van der Waals surface area (Å²) in [6.07, 6.45) is 3.37. The van der Waals surface area contributed by atoms with Gasteiger partial charge in [0.25, 0.3) is 5.91 Å². The Morgan fingerprint density at radius 3 is 2.82 bits per heavy atom. The summed E-state index contributed by atoms with van der Waals surface area (Å²) < 4.78 is 5.38. The normalized spacial score (nSPS) is 23.0. The maximum Gasteiger partial charge on any atom is 0.276 e. The molecule has 1 amide bonds. The molecule has 1 aromatic heterocycles. The molecule has 28 heavy (non-hydrogen) atoms. The Morgan fingerprint density at radius 2 is 2.07 bits per heavy atom. The van der Waals surface area contributed by atoms with Crippen LogP contribution in [0.3, 0.4) is 0 Å². The number of rotatable bonds is 4. The van der Waals surface area contributed by atoms with Crippen LogP contribution in [0, 0.1) is 5.92 Å². The fourth-order valence-electron chi connectivity index (χ4n) is 4.33. The molecule has 2 saturated heterocycles. The van der Waals surface area contributed by atoms with Gasteiger partial charge in [-0.25, -0.2) is 4.98 Å². The summed E-state index contributed by atoms with van der Waals surface area (Å²) in [4.78, 5) is 18.5. The third-order valence-corrected chi connectivity index (χ3v) is 5.87. The number of aromatic nitrogens is 1. The lowest BCUT2D eigenvalue weighted by molar-refractivity contribution is 0.0661. The Labute approximate surface area is 164 Å². The van der Waals surface area contributed by atoms with Gasteiger partial charge in [0.15, 0.2) is 5.69 Å². The van der Waals surface area contributed by atoms with E-state index in [-0.39, 0.29) is 17.4 Å². The molecule has 0 bridgehead atoms. The average molecular weight is 382 g/mol. The number of carbonyl (C=O) groups is 1. The number of nitrogens with one attached hydrogen (secondary N) is 2. The lowest BCUT2D eigenvalue weighted by Crippen LogP contribution is -2.46. The highest BCUT2D eigenvalue weighted by Crippen LogP contribution is 2.34. The first kappa shape index (κ1) is 18.7. The fraction of sp³-hybridized carbons (Fsp3) is 0.429. The largest absolute Gasteiger partial charge is 0.505 e. The summed E-state index contributed by atoms with van der Waals surface area (Å²) in [6, 6.07) is 11.7. The lowest BCUT2D eigenvalue weighted by atomic mass is 9.80. The van der Waals surface area contributed by atoms with Crippen LogP contribution in [0.1, 0.15) is 34.8 Å². The number of aromatic hydroxyl groups is 1. The van der Waals surface area contributed by atoms with Crippen molar-refractivity contribution in [2.75, 3.05) is 26.7 Å². The van der Waals surface area contributed by atoms with Crippen LogP contribution in [-0.4, -0.2) is 53.7 Å². The molecule has 0 radical (unpaired) electrons. The number of carbonyl (C=O) groups excluding carboxylic acids is 1. The molecule has 2 aliphatic rings.